The zero-order valence-electron chi connectivity index (χ0n) is 12.1. The van der Waals surface area contributed by atoms with Gasteiger partial charge < -0.3 is 14.8 Å². The van der Waals surface area contributed by atoms with Crippen molar-refractivity contribution in [2.24, 2.45) is 5.41 Å². The van der Waals surface area contributed by atoms with E-state index >= 15 is 0 Å². The topological polar surface area (TPSA) is 54.3 Å². The summed E-state index contributed by atoms with van der Waals surface area (Å²) >= 11 is 0. The van der Waals surface area contributed by atoms with E-state index in [0.29, 0.717) is 19.6 Å². The van der Waals surface area contributed by atoms with Crippen molar-refractivity contribution in [3.63, 3.8) is 0 Å². The van der Waals surface area contributed by atoms with Gasteiger partial charge in [0.15, 0.2) is 0 Å². The van der Waals surface area contributed by atoms with Gasteiger partial charge in [-0.3, -0.25) is 0 Å². The van der Waals surface area contributed by atoms with E-state index in [9.17, 15) is 0 Å². The van der Waals surface area contributed by atoms with Gasteiger partial charge in [0.1, 0.15) is 0 Å². The molecule has 0 bridgehead atoms. The minimum absolute atomic E-state index is 0.213. The fourth-order valence-corrected chi connectivity index (χ4v) is 1.61. The van der Waals surface area contributed by atoms with Crippen LogP contribution in [0.4, 0.5) is 0 Å². The molecule has 0 atom stereocenters. The number of nitriles is 1. The molecule has 4 nitrogen and oxygen atoms in total. The molecule has 0 spiro atoms. The van der Waals surface area contributed by atoms with Gasteiger partial charge in [-0.25, -0.2) is 0 Å². The summed E-state index contributed by atoms with van der Waals surface area (Å²) in [7, 11) is 1.68. The van der Waals surface area contributed by atoms with Crippen LogP contribution in [0.15, 0.2) is 0 Å². The third kappa shape index (κ3) is 11.8. The van der Waals surface area contributed by atoms with Gasteiger partial charge in [-0.2, -0.15) is 5.26 Å². The standard InChI is InChI=1S/C14H28N2O2/c1-14(2,7-6-8-15)13-16-9-4-5-10-18-12-11-17-3/h16H,4-7,9-13H2,1-3H3. The van der Waals surface area contributed by atoms with Crippen LogP contribution in [0.2, 0.25) is 0 Å². The number of methoxy groups -OCH3 is 1. The first-order chi connectivity index (χ1) is 8.62. The maximum atomic E-state index is 8.57. The molecule has 0 aliphatic rings. The summed E-state index contributed by atoms with van der Waals surface area (Å²) in [6, 6.07) is 2.20. The molecule has 0 aromatic carbocycles. The molecule has 0 aromatic rings. The number of hydrogen-bond acceptors (Lipinski definition) is 4. The van der Waals surface area contributed by atoms with Gasteiger partial charge in [0.25, 0.3) is 0 Å². The van der Waals surface area contributed by atoms with Crippen molar-refractivity contribution in [1.82, 2.24) is 5.32 Å². The Balaban J connectivity index is 3.27. The second-order valence-corrected chi connectivity index (χ2v) is 5.31. The summed E-state index contributed by atoms with van der Waals surface area (Å²) in [6.45, 7) is 8.55. The molecule has 4 heteroatoms. The molecule has 0 aromatic heterocycles. The van der Waals surface area contributed by atoms with E-state index in [4.69, 9.17) is 14.7 Å². The fraction of sp³-hybridized carbons (Fsp3) is 0.929. The highest BCUT2D eigenvalue weighted by Gasteiger charge is 2.16. The van der Waals surface area contributed by atoms with E-state index in [1.165, 1.54) is 0 Å². The average molecular weight is 256 g/mol. The van der Waals surface area contributed by atoms with Crippen LogP contribution in [0.25, 0.3) is 0 Å². The zero-order chi connectivity index (χ0) is 13.7. The van der Waals surface area contributed by atoms with Crippen molar-refractivity contribution in [2.75, 3.05) is 40.0 Å². The minimum atomic E-state index is 0.213. The maximum Gasteiger partial charge on any atom is 0.0700 e. The number of hydrogen-bond donors (Lipinski definition) is 1. The van der Waals surface area contributed by atoms with E-state index in [1.54, 1.807) is 7.11 Å². The average Bonchev–Trinajstić information content (AvgIpc) is 2.34. The monoisotopic (exact) mass is 256 g/mol. The molecule has 0 heterocycles. The minimum Gasteiger partial charge on any atom is -0.382 e. The number of ether oxygens (including phenoxy) is 2. The largest absolute Gasteiger partial charge is 0.382 e. The summed E-state index contributed by atoms with van der Waals surface area (Å²) in [4.78, 5) is 0. The molecule has 0 saturated carbocycles. The Morgan fingerprint density at radius 2 is 1.94 bits per heavy atom. The lowest BCUT2D eigenvalue weighted by molar-refractivity contribution is 0.0687. The van der Waals surface area contributed by atoms with Gasteiger partial charge in [-0.05, 0) is 31.2 Å². The summed E-state index contributed by atoms with van der Waals surface area (Å²) in [6.07, 6.45) is 3.80. The van der Waals surface area contributed by atoms with E-state index in [-0.39, 0.29) is 5.41 Å². The smallest absolute Gasteiger partial charge is 0.0700 e. The Kier molecular flexibility index (Phi) is 11.1. The van der Waals surface area contributed by atoms with Crippen LogP contribution in [0.5, 0.6) is 0 Å². The fourth-order valence-electron chi connectivity index (χ4n) is 1.61. The van der Waals surface area contributed by atoms with Gasteiger partial charge in [0, 0.05) is 26.7 Å². The van der Waals surface area contributed by atoms with Crippen molar-refractivity contribution < 1.29 is 9.47 Å². The predicted molar refractivity (Wildman–Crippen MR) is 73.4 cm³/mol. The van der Waals surface area contributed by atoms with Crippen LogP contribution in [0.1, 0.15) is 39.5 Å². The highest BCUT2D eigenvalue weighted by Crippen LogP contribution is 2.20. The van der Waals surface area contributed by atoms with Crippen molar-refractivity contribution >= 4 is 0 Å². The van der Waals surface area contributed by atoms with Crippen molar-refractivity contribution in [3.8, 4) is 6.07 Å². The molecule has 18 heavy (non-hydrogen) atoms. The van der Waals surface area contributed by atoms with Gasteiger partial charge >= 0.3 is 0 Å². The quantitative estimate of drug-likeness (QED) is 0.545. The summed E-state index contributed by atoms with van der Waals surface area (Å²) in [5.41, 5.74) is 0.213. The Hall–Kier alpha value is -0.630. The SMILES string of the molecule is COCCOCCCCNCC(C)(C)CCC#N. The second kappa shape index (κ2) is 11.5. The van der Waals surface area contributed by atoms with Crippen LogP contribution < -0.4 is 5.32 Å². The number of rotatable bonds is 12. The Morgan fingerprint density at radius 1 is 1.17 bits per heavy atom. The predicted octanol–water partition coefficient (Wildman–Crippen LogP) is 2.35. The molecule has 0 aliphatic heterocycles. The van der Waals surface area contributed by atoms with Gasteiger partial charge in [0.05, 0.1) is 19.3 Å². The normalized spacial score (nSPS) is 11.4. The van der Waals surface area contributed by atoms with Crippen LogP contribution in [0.3, 0.4) is 0 Å². The zero-order valence-corrected chi connectivity index (χ0v) is 12.1. The first kappa shape index (κ1) is 17.4. The number of nitrogens with one attached hydrogen (secondary N) is 1. The number of nitrogens with zero attached hydrogens (tertiary/aromatic N) is 1. The van der Waals surface area contributed by atoms with E-state index in [0.717, 1.165) is 39.0 Å². The van der Waals surface area contributed by atoms with E-state index in [1.807, 2.05) is 0 Å². The maximum absolute atomic E-state index is 8.57. The van der Waals surface area contributed by atoms with Crippen LogP contribution in [-0.4, -0.2) is 40.0 Å². The third-order valence-corrected chi connectivity index (χ3v) is 2.84. The molecule has 0 radical (unpaired) electrons. The molecule has 0 saturated heterocycles. The molecular weight excluding hydrogens is 228 g/mol. The Morgan fingerprint density at radius 3 is 2.61 bits per heavy atom. The van der Waals surface area contributed by atoms with Gasteiger partial charge in [-0.1, -0.05) is 13.8 Å². The lowest BCUT2D eigenvalue weighted by Gasteiger charge is -2.23. The lowest BCUT2D eigenvalue weighted by atomic mass is 9.88. The first-order valence-corrected chi connectivity index (χ1v) is 6.77. The van der Waals surface area contributed by atoms with Crippen LogP contribution in [0, 0.1) is 16.7 Å². The van der Waals surface area contributed by atoms with Crippen LogP contribution >= 0.6 is 0 Å². The molecule has 106 valence electrons. The van der Waals surface area contributed by atoms with E-state index in [2.05, 4.69) is 25.2 Å². The van der Waals surface area contributed by atoms with E-state index < -0.39 is 0 Å². The van der Waals surface area contributed by atoms with Crippen molar-refractivity contribution in [3.05, 3.63) is 0 Å². The molecule has 0 unspecified atom stereocenters. The molecule has 0 amide bonds. The molecule has 0 fully saturated rings. The molecule has 1 N–H and O–H groups in total. The van der Waals surface area contributed by atoms with Gasteiger partial charge in [-0.15, -0.1) is 0 Å². The van der Waals surface area contributed by atoms with Crippen molar-refractivity contribution in [1.29, 1.82) is 5.26 Å². The Labute approximate surface area is 112 Å². The first-order valence-electron chi connectivity index (χ1n) is 6.77. The summed E-state index contributed by atoms with van der Waals surface area (Å²) < 4.78 is 10.3. The second-order valence-electron chi connectivity index (χ2n) is 5.31. The highest BCUT2D eigenvalue weighted by atomic mass is 16.5. The molecule has 0 rings (SSSR count). The highest BCUT2D eigenvalue weighted by molar-refractivity contribution is 4.78. The Bertz CT molecular complexity index is 224. The third-order valence-electron chi connectivity index (χ3n) is 2.84. The summed E-state index contributed by atoms with van der Waals surface area (Å²) in [5.74, 6) is 0. The van der Waals surface area contributed by atoms with Gasteiger partial charge in [0.2, 0.25) is 0 Å². The molecule has 0 aliphatic carbocycles. The number of unbranched alkanes of at least 4 members (excludes halogenated alkanes) is 1. The van der Waals surface area contributed by atoms with Crippen LogP contribution in [-0.2, 0) is 9.47 Å². The molecular formula is C14H28N2O2. The lowest BCUT2D eigenvalue weighted by Crippen LogP contribution is -2.30. The van der Waals surface area contributed by atoms with Crippen molar-refractivity contribution in [2.45, 2.75) is 39.5 Å². The summed E-state index contributed by atoms with van der Waals surface area (Å²) in [5, 5.41) is 12.0.